The van der Waals surface area contributed by atoms with E-state index in [-0.39, 0.29) is 6.04 Å². The molecule has 0 bridgehead atoms. The van der Waals surface area contributed by atoms with E-state index in [1.807, 2.05) is 13.0 Å². The molecule has 1 aromatic heterocycles. The van der Waals surface area contributed by atoms with Crippen LogP contribution in [0.2, 0.25) is 0 Å². The smallest absolute Gasteiger partial charge is 0.123 e. The van der Waals surface area contributed by atoms with Gasteiger partial charge in [0.25, 0.3) is 0 Å². The predicted octanol–water partition coefficient (Wildman–Crippen LogP) is 0.618. The van der Waals surface area contributed by atoms with Gasteiger partial charge in [-0.3, -0.25) is 0 Å². The van der Waals surface area contributed by atoms with Crippen molar-refractivity contribution in [2.75, 3.05) is 19.5 Å². The Morgan fingerprint density at radius 3 is 2.85 bits per heavy atom. The fourth-order valence-electron chi connectivity index (χ4n) is 1.25. The fourth-order valence-corrected chi connectivity index (χ4v) is 1.25. The molecule has 0 saturated heterocycles. The topological polar surface area (TPSA) is 74.2 Å². The number of ether oxygens (including phenoxy) is 1. The Morgan fingerprint density at radius 1 is 1.62 bits per heavy atom. The monoisotopic (exact) mass is 181 g/mol. The molecule has 72 valence electrons. The van der Waals surface area contributed by atoms with Crippen LogP contribution < -0.4 is 11.5 Å². The number of aromatic nitrogens is 1. The Labute approximate surface area is 77.9 Å². The molecule has 0 radical (unpaired) electrons. The van der Waals surface area contributed by atoms with Gasteiger partial charge >= 0.3 is 0 Å². The van der Waals surface area contributed by atoms with Crippen LogP contribution in [-0.2, 0) is 4.74 Å². The molecule has 1 atom stereocenters. The quantitative estimate of drug-likeness (QED) is 0.716. The summed E-state index contributed by atoms with van der Waals surface area (Å²) in [5.74, 6) is 0.519. The number of hydrogen-bond donors (Lipinski definition) is 2. The molecular formula is C9H15N3O. The number of pyridine rings is 1. The molecule has 4 heteroatoms. The van der Waals surface area contributed by atoms with Crippen LogP contribution in [0.5, 0.6) is 0 Å². The zero-order valence-electron chi connectivity index (χ0n) is 7.95. The largest absolute Gasteiger partial charge is 0.384 e. The van der Waals surface area contributed by atoms with Gasteiger partial charge < -0.3 is 16.2 Å². The van der Waals surface area contributed by atoms with Crippen molar-refractivity contribution in [3.63, 3.8) is 0 Å². The number of methoxy groups -OCH3 is 1. The Balaban J connectivity index is 2.88. The minimum absolute atomic E-state index is 0.127. The summed E-state index contributed by atoms with van der Waals surface area (Å²) in [6.45, 7) is 2.45. The number of rotatable bonds is 3. The molecule has 1 rings (SSSR count). The second-order valence-corrected chi connectivity index (χ2v) is 3.03. The minimum atomic E-state index is -0.127. The highest BCUT2D eigenvalue weighted by atomic mass is 16.5. The zero-order chi connectivity index (χ0) is 9.84. The van der Waals surface area contributed by atoms with Crippen LogP contribution in [0.4, 0.5) is 5.82 Å². The van der Waals surface area contributed by atoms with Gasteiger partial charge in [-0.1, -0.05) is 0 Å². The average molecular weight is 181 g/mol. The van der Waals surface area contributed by atoms with Crippen molar-refractivity contribution >= 4 is 5.82 Å². The summed E-state index contributed by atoms with van der Waals surface area (Å²) in [5, 5.41) is 0. The molecule has 1 aromatic rings. The van der Waals surface area contributed by atoms with E-state index < -0.39 is 0 Å². The molecule has 13 heavy (non-hydrogen) atoms. The van der Waals surface area contributed by atoms with E-state index in [2.05, 4.69) is 4.98 Å². The highest BCUT2D eigenvalue weighted by Crippen LogP contribution is 2.16. The molecule has 0 aliphatic carbocycles. The number of aryl methyl sites for hydroxylation is 1. The molecule has 0 amide bonds. The first kappa shape index (κ1) is 9.95. The first-order valence-electron chi connectivity index (χ1n) is 4.11. The van der Waals surface area contributed by atoms with Gasteiger partial charge in [0.05, 0.1) is 12.6 Å². The third kappa shape index (κ3) is 2.40. The van der Waals surface area contributed by atoms with E-state index in [1.54, 1.807) is 13.3 Å². The lowest BCUT2D eigenvalue weighted by atomic mass is 10.1. The van der Waals surface area contributed by atoms with E-state index in [4.69, 9.17) is 16.2 Å². The molecule has 0 saturated carbocycles. The van der Waals surface area contributed by atoms with Crippen LogP contribution in [0.3, 0.4) is 0 Å². The minimum Gasteiger partial charge on any atom is -0.384 e. The van der Waals surface area contributed by atoms with Crippen molar-refractivity contribution in [2.24, 2.45) is 5.73 Å². The van der Waals surface area contributed by atoms with E-state index >= 15 is 0 Å². The number of nitrogens with zero attached hydrogens (tertiary/aromatic N) is 1. The molecule has 0 aromatic carbocycles. The maximum absolute atomic E-state index is 5.85. The fraction of sp³-hybridized carbons (Fsp3) is 0.444. The van der Waals surface area contributed by atoms with Crippen molar-refractivity contribution in [1.82, 2.24) is 4.98 Å². The average Bonchev–Trinajstić information content (AvgIpc) is 2.04. The summed E-state index contributed by atoms with van der Waals surface area (Å²) < 4.78 is 4.96. The van der Waals surface area contributed by atoms with Gasteiger partial charge in [0.1, 0.15) is 5.82 Å². The van der Waals surface area contributed by atoms with Crippen molar-refractivity contribution < 1.29 is 4.74 Å². The number of anilines is 1. The molecule has 4 nitrogen and oxygen atoms in total. The van der Waals surface area contributed by atoms with E-state index in [0.29, 0.717) is 12.4 Å². The molecule has 0 aliphatic rings. The first-order chi connectivity index (χ1) is 6.15. The summed E-state index contributed by atoms with van der Waals surface area (Å²) in [6.07, 6.45) is 1.70. The Kier molecular flexibility index (Phi) is 3.22. The highest BCUT2D eigenvalue weighted by Gasteiger charge is 2.08. The third-order valence-corrected chi connectivity index (χ3v) is 1.92. The lowest BCUT2D eigenvalue weighted by molar-refractivity contribution is 0.180. The number of nitrogen functional groups attached to an aromatic ring is 1. The zero-order valence-corrected chi connectivity index (χ0v) is 7.95. The van der Waals surface area contributed by atoms with Gasteiger partial charge in [0.15, 0.2) is 0 Å². The standard InChI is InChI=1S/C9H15N3O/c1-6-3-9(11)12-4-7(6)8(10)5-13-2/h3-4,8H,5,10H2,1-2H3,(H2,11,12). The summed E-state index contributed by atoms with van der Waals surface area (Å²) >= 11 is 0. The van der Waals surface area contributed by atoms with E-state index in [9.17, 15) is 0 Å². The summed E-state index contributed by atoms with van der Waals surface area (Å²) in [7, 11) is 1.62. The van der Waals surface area contributed by atoms with Crippen LogP contribution in [-0.4, -0.2) is 18.7 Å². The third-order valence-electron chi connectivity index (χ3n) is 1.92. The van der Waals surface area contributed by atoms with E-state index in [0.717, 1.165) is 11.1 Å². The molecule has 0 spiro atoms. The molecule has 4 N–H and O–H groups in total. The molecule has 0 fully saturated rings. The van der Waals surface area contributed by atoms with Gasteiger partial charge in [0, 0.05) is 13.3 Å². The second kappa shape index (κ2) is 4.20. The lowest BCUT2D eigenvalue weighted by Crippen LogP contribution is -2.17. The van der Waals surface area contributed by atoms with Crippen molar-refractivity contribution in [2.45, 2.75) is 13.0 Å². The molecular weight excluding hydrogens is 166 g/mol. The first-order valence-corrected chi connectivity index (χ1v) is 4.11. The van der Waals surface area contributed by atoms with Gasteiger partial charge in [-0.25, -0.2) is 4.98 Å². The van der Waals surface area contributed by atoms with Gasteiger partial charge in [-0.15, -0.1) is 0 Å². The van der Waals surface area contributed by atoms with Crippen molar-refractivity contribution in [3.05, 3.63) is 23.4 Å². The summed E-state index contributed by atoms with van der Waals surface area (Å²) in [5.41, 5.74) is 13.4. The Hall–Kier alpha value is -1.13. The molecule has 1 unspecified atom stereocenters. The van der Waals surface area contributed by atoms with E-state index in [1.165, 1.54) is 0 Å². The van der Waals surface area contributed by atoms with Crippen LogP contribution in [0, 0.1) is 6.92 Å². The van der Waals surface area contributed by atoms with Crippen molar-refractivity contribution in [1.29, 1.82) is 0 Å². The maximum Gasteiger partial charge on any atom is 0.123 e. The maximum atomic E-state index is 5.85. The van der Waals surface area contributed by atoms with Crippen LogP contribution in [0.25, 0.3) is 0 Å². The number of nitrogens with two attached hydrogens (primary N) is 2. The summed E-state index contributed by atoms with van der Waals surface area (Å²) in [6, 6.07) is 1.68. The molecule has 0 aliphatic heterocycles. The van der Waals surface area contributed by atoms with Crippen molar-refractivity contribution in [3.8, 4) is 0 Å². The lowest BCUT2D eigenvalue weighted by Gasteiger charge is -2.13. The number of hydrogen-bond acceptors (Lipinski definition) is 4. The predicted molar refractivity (Wildman–Crippen MR) is 52.2 cm³/mol. The van der Waals surface area contributed by atoms with Crippen LogP contribution >= 0.6 is 0 Å². The summed E-state index contributed by atoms with van der Waals surface area (Å²) in [4.78, 5) is 3.99. The van der Waals surface area contributed by atoms with Gasteiger partial charge in [-0.2, -0.15) is 0 Å². The highest BCUT2D eigenvalue weighted by molar-refractivity contribution is 5.37. The Bertz CT molecular complexity index is 288. The van der Waals surface area contributed by atoms with Crippen LogP contribution in [0.15, 0.2) is 12.3 Å². The second-order valence-electron chi connectivity index (χ2n) is 3.03. The normalized spacial score (nSPS) is 12.8. The molecule has 1 heterocycles. The van der Waals surface area contributed by atoms with Gasteiger partial charge in [0.2, 0.25) is 0 Å². The van der Waals surface area contributed by atoms with Crippen LogP contribution in [0.1, 0.15) is 17.2 Å². The SMILES string of the molecule is COCC(N)c1cnc(N)cc1C. The Morgan fingerprint density at radius 2 is 2.31 bits per heavy atom. The van der Waals surface area contributed by atoms with Gasteiger partial charge in [-0.05, 0) is 24.1 Å².